The molecule has 3 fully saturated rings. The number of aryl methyl sites for hydroxylation is 1. The quantitative estimate of drug-likeness (QED) is 0.350. The van der Waals surface area contributed by atoms with Crippen LogP contribution in [0.3, 0.4) is 0 Å². The minimum atomic E-state index is -0.419. The Labute approximate surface area is 259 Å². The van der Waals surface area contributed by atoms with E-state index >= 15 is 0 Å². The molecule has 3 aliphatic rings. The Morgan fingerprint density at radius 3 is 2.57 bits per heavy atom. The molecule has 0 unspecified atom stereocenters. The van der Waals surface area contributed by atoms with E-state index in [1.807, 2.05) is 49.6 Å². The lowest BCUT2D eigenvalue weighted by molar-refractivity contribution is 0.00168. The Hall–Kier alpha value is -3.90. The number of halogens is 1. The number of anilines is 1. The molecule has 3 aromatic rings. The highest BCUT2D eigenvalue weighted by atomic mass is 19.1. The number of rotatable bonds is 9. The van der Waals surface area contributed by atoms with Crippen molar-refractivity contribution < 1.29 is 13.9 Å². The fourth-order valence-electron chi connectivity index (χ4n) is 8.21. The van der Waals surface area contributed by atoms with Crippen LogP contribution in [0.2, 0.25) is 0 Å². The van der Waals surface area contributed by atoms with Gasteiger partial charge in [0.2, 0.25) is 0 Å². The molecular weight excluding hydrogens is 555 g/mol. The monoisotopic (exact) mass is 598 g/mol. The Morgan fingerprint density at radius 1 is 1.14 bits per heavy atom. The van der Waals surface area contributed by atoms with E-state index in [-0.39, 0.29) is 23.8 Å². The van der Waals surface area contributed by atoms with Crippen molar-refractivity contribution >= 4 is 11.8 Å². The first-order chi connectivity index (χ1) is 21.4. The molecule has 1 saturated carbocycles. The van der Waals surface area contributed by atoms with E-state index in [4.69, 9.17) is 10.00 Å². The first-order valence-electron chi connectivity index (χ1n) is 16.0. The van der Waals surface area contributed by atoms with Gasteiger partial charge in [-0.2, -0.15) is 5.26 Å². The van der Waals surface area contributed by atoms with Gasteiger partial charge in [-0.05, 0) is 100.0 Å². The van der Waals surface area contributed by atoms with Crippen LogP contribution in [-0.2, 0) is 16.7 Å². The van der Waals surface area contributed by atoms with Gasteiger partial charge in [0.25, 0.3) is 0 Å². The van der Waals surface area contributed by atoms with Crippen molar-refractivity contribution in [2.75, 3.05) is 44.7 Å². The summed E-state index contributed by atoms with van der Waals surface area (Å²) >= 11 is 0. The number of carbonyl (C=O) groups is 1. The summed E-state index contributed by atoms with van der Waals surface area (Å²) in [5.74, 6) is 1.67. The molecule has 2 aliphatic heterocycles. The van der Waals surface area contributed by atoms with Crippen molar-refractivity contribution in [1.82, 2.24) is 19.8 Å². The minimum absolute atomic E-state index is 0.0626. The summed E-state index contributed by atoms with van der Waals surface area (Å²) in [4.78, 5) is 22.0. The fraction of sp³-hybridized carbons (Fsp3) is 0.514. The van der Waals surface area contributed by atoms with E-state index < -0.39 is 11.5 Å². The van der Waals surface area contributed by atoms with Gasteiger partial charge in [-0.3, -0.25) is 0 Å². The number of carbonyl (C=O) groups excluding carboxylic acids is 1. The lowest BCUT2D eigenvalue weighted by Gasteiger charge is -2.51. The van der Waals surface area contributed by atoms with Crippen LogP contribution in [0.1, 0.15) is 49.1 Å². The zero-order valence-electron chi connectivity index (χ0n) is 25.8. The third-order valence-electron chi connectivity index (χ3n) is 10.4. The highest BCUT2D eigenvalue weighted by molar-refractivity contribution is 5.67. The largest absolute Gasteiger partial charge is 0.446 e. The van der Waals surface area contributed by atoms with Crippen molar-refractivity contribution in [2.24, 2.45) is 17.8 Å². The first kappa shape index (κ1) is 30.1. The fourth-order valence-corrected chi connectivity index (χ4v) is 8.21. The van der Waals surface area contributed by atoms with E-state index in [1.54, 1.807) is 13.1 Å². The minimum Gasteiger partial charge on any atom is -0.446 e. The second-order valence-corrected chi connectivity index (χ2v) is 12.9. The summed E-state index contributed by atoms with van der Waals surface area (Å²) in [6, 6.07) is 17.2. The number of imidazole rings is 1. The SMILES string of the molecule is CNC(=O)O[C@H]1CCC[C@@H]1[C@](Cn1ccnc1C)(c1cccc(F)c1)C1CCN(CC2CN(c3ccc(C#N)cc3)C2)CC1. The molecule has 232 valence electrons. The summed E-state index contributed by atoms with van der Waals surface area (Å²) in [5.41, 5.74) is 2.45. The van der Waals surface area contributed by atoms with E-state index in [1.165, 1.54) is 11.8 Å². The number of piperidine rings is 1. The van der Waals surface area contributed by atoms with E-state index in [0.717, 1.165) is 76.2 Å². The van der Waals surface area contributed by atoms with Gasteiger partial charge in [-0.15, -0.1) is 0 Å². The predicted molar refractivity (Wildman–Crippen MR) is 168 cm³/mol. The number of ether oxygens (including phenoxy) is 1. The van der Waals surface area contributed by atoms with Crippen LogP contribution in [0.4, 0.5) is 14.9 Å². The van der Waals surface area contributed by atoms with Gasteiger partial charge in [-0.25, -0.2) is 14.2 Å². The highest BCUT2D eigenvalue weighted by Gasteiger charge is 2.53. The summed E-state index contributed by atoms with van der Waals surface area (Å²) < 4.78 is 23.2. The number of hydrogen-bond donors (Lipinski definition) is 1. The van der Waals surface area contributed by atoms with Crippen molar-refractivity contribution in [3.8, 4) is 6.07 Å². The Bertz CT molecular complexity index is 1470. The van der Waals surface area contributed by atoms with Crippen molar-refractivity contribution in [3.05, 3.63) is 83.7 Å². The zero-order valence-corrected chi connectivity index (χ0v) is 25.8. The number of nitrogens with zero attached hydrogens (tertiary/aromatic N) is 5. The maximum absolute atomic E-state index is 15.0. The summed E-state index contributed by atoms with van der Waals surface area (Å²) in [6.07, 6.45) is 7.94. The van der Waals surface area contributed by atoms with E-state index in [2.05, 4.69) is 36.8 Å². The number of nitrogens with one attached hydrogen (secondary N) is 1. The summed E-state index contributed by atoms with van der Waals surface area (Å²) in [7, 11) is 1.60. The van der Waals surface area contributed by atoms with Gasteiger partial charge < -0.3 is 24.4 Å². The van der Waals surface area contributed by atoms with Gasteiger partial charge in [-0.1, -0.05) is 12.1 Å². The predicted octanol–water partition coefficient (Wildman–Crippen LogP) is 5.51. The molecule has 3 heterocycles. The molecule has 6 rings (SSSR count). The van der Waals surface area contributed by atoms with Crippen LogP contribution in [0, 0.1) is 41.8 Å². The molecule has 2 saturated heterocycles. The number of aromatic nitrogens is 2. The van der Waals surface area contributed by atoms with Crippen molar-refractivity contribution in [2.45, 2.75) is 57.1 Å². The standard InChI is InChI=1S/C35H43FN6O2/c1-25-39-15-18-41(25)24-35(29-5-3-6-30(36)19-29,32-7-4-8-33(32)44-34(43)38-2)28-13-16-40(17-14-28)21-27-22-42(23-27)31-11-9-26(20-37)10-12-31/h3,5-6,9-12,15,18-19,27-28,32-33H,4,7-8,13-14,16-17,21-24H2,1-2H3,(H,38,43)/t32-,33-,35-/m0/s1. The second kappa shape index (κ2) is 13.0. The molecule has 0 bridgehead atoms. The molecule has 2 aromatic carbocycles. The molecule has 9 heteroatoms. The Balaban J connectivity index is 1.22. The number of amides is 1. The molecule has 1 aromatic heterocycles. The topological polar surface area (TPSA) is 86.4 Å². The summed E-state index contributed by atoms with van der Waals surface area (Å²) in [6.45, 7) is 7.80. The van der Waals surface area contributed by atoms with Crippen molar-refractivity contribution in [3.63, 3.8) is 0 Å². The number of nitriles is 1. The molecule has 0 spiro atoms. The Morgan fingerprint density at radius 2 is 1.91 bits per heavy atom. The average Bonchev–Trinajstić information content (AvgIpc) is 3.66. The van der Waals surface area contributed by atoms with E-state index in [0.29, 0.717) is 18.0 Å². The average molecular weight is 599 g/mol. The number of hydrogen-bond acceptors (Lipinski definition) is 6. The third kappa shape index (κ3) is 6.05. The Kier molecular flexibility index (Phi) is 8.90. The van der Waals surface area contributed by atoms with Crippen LogP contribution in [-0.4, -0.2) is 66.4 Å². The van der Waals surface area contributed by atoms with Gasteiger partial charge in [0, 0.05) is 68.6 Å². The van der Waals surface area contributed by atoms with E-state index in [9.17, 15) is 9.18 Å². The first-order valence-corrected chi connectivity index (χ1v) is 16.0. The molecule has 3 atom stereocenters. The highest BCUT2D eigenvalue weighted by Crippen LogP contribution is 2.52. The van der Waals surface area contributed by atoms with Gasteiger partial charge in [0.1, 0.15) is 17.7 Å². The summed E-state index contributed by atoms with van der Waals surface area (Å²) in [5, 5.41) is 11.7. The van der Waals surface area contributed by atoms with Crippen LogP contribution in [0.15, 0.2) is 60.9 Å². The molecule has 1 N–H and O–H groups in total. The van der Waals surface area contributed by atoms with Crippen molar-refractivity contribution in [1.29, 1.82) is 5.26 Å². The molecule has 1 aliphatic carbocycles. The number of benzene rings is 2. The molecule has 0 radical (unpaired) electrons. The molecule has 1 amide bonds. The molecular formula is C35H43FN6O2. The third-order valence-corrected chi connectivity index (χ3v) is 10.4. The van der Waals surface area contributed by atoms with Crippen LogP contribution >= 0.6 is 0 Å². The maximum Gasteiger partial charge on any atom is 0.407 e. The smallest absolute Gasteiger partial charge is 0.407 e. The van der Waals surface area contributed by atoms with Gasteiger partial charge in [0.15, 0.2) is 0 Å². The lowest BCUT2D eigenvalue weighted by atomic mass is 9.58. The second-order valence-electron chi connectivity index (χ2n) is 12.9. The molecule has 8 nitrogen and oxygen atoms in total. The van der Waals surface area contributed by atoms with Crippen LogP contribution in [0.25, 0.3) is 0 Å². The molecule has 44 heavy (non-hydrogen) atoms. The lowest BCUT2D eigenvalue weighted by Crippen LogP contribution is -2.55. The zero-order chi connectivity index (χ0) is 30.7. The normalized spacial score (nSPS) is 22.6. The van der Waals surface area contributed by atoms with Gasteiger partial charge >= 0.3 is 6.09 Å². The van der Waals surface area contributed by atoms with Gasteiger partial charge in [0.05, 0.1) is 11.6 Å². The number of alkyl carbamates (subject to hydrolysis) is 1. The number of likely N-dealkylation sites (tertiary alicyclic amines) is 1. The maximum atomic E-state index is 15.0. The van der Waals surface area contributed by atoms with Crippen LogP contribution in [0.5, 0.6) is 0 Å². The van der Waals surface area contributed by atoms with Crippen LogP contribution < -0.4 is 10.2 Å².